The van der Waals surface area contributed by atoms with E-state index < -0.39 is 0 Å². The summed E-state index contributed by atoms with van der Waals surface area (Å²) in [6.07, 6.45) is 0.706. The number of rotatable bonds is 4. The second-order valence-corrected chi connectivity index (χ2v) is 5.71. The van der Waals surface area contributed by atoms with Crippen LogP contribution < -0.4 is 5.73 Å². The van der Waals surface area contributed by atoms with Crippen molar-refractivity contribution in [2.45, 2.75) is 46.7 Å². The number of hydrogen-bond acceptors (Lipinski definition) is 2. The number of nitrogens with zero attached hydrogens (tertiary/aromatic N) is 2. The highest BCUT2D eigenvalue weighted by Crippen LogP contribution is 2.26. The third kappa shape index (κ3) is 2.89. The average Bonchev–Trinajstić information content (AvgIpc) is 2.69. The summed E-state index contributed by atoms with van der Waals surface area (Å²) in [5.41, 5.74) is 11.9. The van der Waals surface area contributed by atoms with E-state index in [2.05, 4.69) is 44.1 Å². The van der Waals surface area contributed by atoms with Crippen molar-refractivity contribution in [1.82, 2.24) is 9.78 Å². The molecule has 0 fully saturated rings. The molecule has 2 rings (SSSR count). The van der Waals surface area contributed by atoms with Crippen molar-refractivity contribution >= 4 is 11.6 Å². The molecule has 3 nitrogen and oxygen atoms in total. The lowest BCUT2D eigenvalue weighted by molar-refractivity contribution is 0.586. The van der Waals surface area contributed by atoms with Crippen LogP contribution in [0, 0.1) is 20.8 Å². The zero-order valence-electron chi connectivity index (χ0n) is 12.6. The molecule has 1 unspecified atom stereocenters. The van der Waals surface area contributed by atoms with Crippen LogP contribution in [0.5, 0.6) is 0 Å². The Balaban J connectivity index is 2.32. The van der Waals surface area contributed by atoms with Crippen LogP contribution in [0.4, 0.5) is 0 Å². The highest BCUT2D eigenvalue weighted by molar-refractivity contribution is 6.31. The van der Waals surface area contributed by atoms with Gasteiger partial charge in [-0.1, -0.05) is 35.4 Å². The van der Waals surface area contributed by atoms with Gasteiger partial charge in [0.2, 0.25) is 0 Å². The smallest absolute Gasteiger partial charge is 0.0847 e. The van der Waals surface area contributed by atoms with E-state index in [1.807, 2.05) is 11.6 Å². The number of nitrogens with two attached hydrogens (primary N) is 1. The molecule has 0 spiro atoms. The molecule has 1 atom stereocenters. The van der Waals surface area contributed by atoms with Crippen molar-refractivity contribution in [3.05, 3.63) is 51.3 Å². The molecule has 0 aliphatic carbocycles. The second-order valence-electron chi connectivity index (χ2n) is 5.33. The lowest BCUT2D eigenvalue weighted by atomic mass is 9.96. The Bertz CT molecular complexity index is 616. The molecular weight excluding hydrogens is 270 g/mol. The third-order valence-corrected chi connectivity index (χ3v) is 4.19. The molecule has 0 aliphatic rings. The fraction of sp³-hybridized carbons (Fsp3) is 0.438. The quantitative estimate of drug-likeness (QED) is 0.933. The largest absolute Gasteiger partial charge is 0.324 e. The predicted molar refractivity (Wildman–Crippen MR) is 84.2 cm³/mol. The summed E-state index contributed by atoms with van der Waals surface area (Å²) < 4.78 is 1.95. The van der Waals surface area contributed by atoms with E-state index in [-0.39, 0.29) is 6.04 Å². The number of aryl methyl sites for hydroxylation is 4. The molecule has 0 bridgehead atoms. The Kier molecular flexibility index (Phi) is 4.51. The maximum atomic E-state index is 6.40. The molecule has 0 radical (unpaired) electrons. The normalized spacial score (nSPS) is 12.7. The first-order chi connectivity index (χ1) is 9.43. The minimum atomic E-state index is -0.0613. The Morgan fingerprint density at radius 3 is 2.65 bits per heavy atom. The average molecular weight is 292 g/mol. The highest BCUT2D eigenvalue weighted by atomic mass is 35.5. The summed E-state index contributed by atoms with van der Waals surface area (Å²) in [7, 11) is 0. The molecule has 0 saturated heterocycles. The molecular formula is C16H22ClN3. The van der Waals surface area contributed by atoms with Crippen LogP contribution in [-0.2, 0) is 13.0 Å². The highest BCUT2D eigenvalue weighted by Gasteiger charge is 2.17. The van der Waals surface area contributed by atoms with Gasteiger partial charge in [0, 0.05) is 19.0 Å². The fourth-order valence-electron chi connectivity index (χ4n) is 2.54. The van der Waals surface area contributed by atoms with Gasteiger partial charge in [0.15, 0.2) is 0 Å². The SMILES string of the molecule is CCn1nc(C)c(Cl)c1CC(N)c1cc(C)ccc1C. The van der Waals surface area contributed by atoms with E-state index in [1.54, 1.807) is 0 Å². The van der Waals surface area contributed by atoms with E-state index in [0.29, 0.717) is 6.42 Å². The van der Waals surface area contributed by atoms with Gasteiger partial charge in [0.25, 0.3) is 0 Å². The summed E-state index contributed by atoms with van der Waals surface area (Å²) in [6.45, 7) is 8.99. The van der Waals surface area contributed by atoms with Crippen LogP contribution >= 0.6 is 11.6 Å². The Morgan fingerprint density at radius 2 is 2.00 bits per heavy atom. The molecule has 1 heterocycles. The van der Waals surface area contributed by atoms with Crippen molar-refractivity contribution < 1.29 is 0 Å². The van der Waals surface area contributed by atoms with Gasteiger partial charge in [-0.3, -0.25) is 4.68 Å². The summed E-state index contributed by atoms with van der Waals surface area (Å²) >= 11 is 6.36. The first-order valence-corrected chi connectivity index (χ1v) is 7.36. The maximum absolute atomic E-state index is 6.40. The van der Waals surface area contributed by atoms with Gasteiger partial charge in [0.05, 0.1) is 16.4 Å². The van der Waals surface area contributed by atoms with E-state index in [4.69, 9.17) is 17.3 Å². The molecule has 0 saturated carbocycles. The van der Waals surface area contributed by atoms with Crippen LogP contribution in [-0.4, -0.2) is 9.78 Å². The molecule has 1 aromatic heterocycles. The van der Waals surface area contributed by atoms with Gasteiger partial charge in [-0.05, 0) is 38.8 Å². The second kappa shape index (κ2) is 5.98. The molecule has 4 heteroatoms. The molecule has 0 amide bonds. The monoisotopic (exact) mass is 291 g/mol. The number of halogens is 1. The van der Waals surface area contributed by atoms with Gasteiger partial charge in [0.1, 0.15) is 0 Å². The number of hydrogen-bond donors (Lipinski definition) is 1. The molecule has 1 aromatic carbocycles. The zero-order valence-corrected chi connectivity index (χ0v) is 13.3. The van der Waals surface area contributed by atoms with Gasteiger partial charge >= 0.3 is 0 Å². The Labute approximate surface area is 125 Å². The molecule has 2 N–H and O–H groups in total. The van der Waals surface area contributed by atoms with Gasteiger partial charge < -0.3 is 5.73 Å². The Hall–Kier alpha value is -1.32. The van der Waals surface area contributed by atoms with Crippen LogP contribution in [0.3, 0.4) is 0 Å². The van der Waals surface area contributed by atoms with Gasteiger partial charge in [-0.2, -0.15) is 5.10 Å². The first-order valence-electron chi connectivity index (χ1n) is 6.98. The first kappa shape index (κ1) is 15.1. The molecule has 108 valence electrons. The van der Waals surface area contributed by atoms with Crippen molar-refractivity contribution in [3.63, 3.8) is 0 Å². The lowest BCUT2D eigenvalue weighted by Gasteiger charge is -2.16. The maximum Gasteiger partial charge on any atom is 0.0847 e. The van der Waals surface area contributed by atoms with E-state index >= 15 is 0 Å². The lowest BCUT2D eigenvalue weighted by Crippen LogP contribution is -2.17. The standard InChI is InChI=1S/C16H22ClN3/c1-5-20-15(16(17)12(4)19-20)9-14(18)13-8-10(2)6-7-11(13)3/h6-8,14H,5,9,18H2,1-4H3. The predicted octanol–water partition coefficient (Wildman–Crippen LogP) is 3.72. The van der Waals surface area contributed by atoms with Gasteiger partial charge in [-0.15, -0.1) is 0 Å². The number of aromatic nitrogens is 2. The van der Waals surface area contributed by atoms with Crippen LogP contribution in [0.1, 0.15) is 41.0 Å². The van der Waals surface area contributed by atoms with Crippen molar-refractivity contribution in [2.24, 2.45) is 5.73 Å². The summed E-state index contributed by atoms with van der Waals surface area (Å²) in [6, 6.07) is 6.33. The molecule has 0 aliphatic heterocycles. The van der Waals surface area contributed by atoms with Crippen LogP contribution in [0.15, 0.2) is 18.2 Å². The third-order valence-electron chi connectivity index (χ3n) is 3.70. The van der Waals surface area contributed by atoms with Crippen molar-refractivity contribution in [2.75, 3.05) is 0 Å². The minimum Gasteiger partial charge on any atom is -0.324 e. The summed E-state index contributed by atoms with van der Waals surface area (Å²) in [5, 5.41) is 5.19. The fourth-order valence-corrected chi connectivity index (χ4v) is 2.75. The van der Waals surface area contributed by atoms with E-state index in [9.17, 15) is 0 Å². The summed E-state index contributed by atoms with van der Waals surface area (Å²) in [4.78, 5) is 0. The van der Waals surface area contributed by atoms with Gasteiger partial charge in [-0.25, -0.2) is 0 Å². The molecule has 20 heavy (non-hydrogen) atoms. The van der Waals surface area contributed by atoms with E-state index in [1.165, 1.54) is 16.7 Å². The summed E-state index contributed by atoms with van der Waals surface area (Å²) in [5.74, 6) is 0. The van der Waals surface area contributed by atoms with Crippen LogP contribution in [0.25, 0.3) is 0 Å². The molecule has 2 aromatic rings. The zero-order chi connectivity index (χ0) is 14.9. The number of benzene rings is 1. The Morgan fingerprint density at radius 1 is 1.30 bits per heavy atom. The van der Waals surface area contributed by atoms with Crippen molar-refractivity contribution in [1.29, 1.82) is 0 Å². The van der Waals surface area contributed by atoms with Crippen molar-refractivity contribution in [3.8, 4) is 0 Å². The topological polar surface area (TPSA) is 43.8 Å². The van der Waals surface area contributed by atoms with E-state index in [0.717, 1.165) is 23.0 Å². The minimum absolute atomic E-state index is 0.0613. The van der Waals surface area contributed by atoms with Crippen LogP contribution in [0.2, 0.25) is 5.02 Å².